The predicted octanol–water partition coefficient (Wildman–Crippen LogP) is 0.626. The van der Waals surface area contributed by atoms with E-state index in [1.54, 1.807) is 0 Å². The van der Waals surface area contributed by atoms with Gasteiger partial charge < -0.3 is 20.5 Å². The van der Waals surface area contributed by atoms with Crippen molar-refractivity contribution in [2.45, 2.75) is 44.8 Å². The zero-order valence-corrected chi connectivity index (χ0v) is 10.8. The van der Waals surface area contributed by atoms with Crippen LogP contribution < -0.4 is 10.6 Å². The zero-order valence-electron chi connectivity index (χ0n) is 10.8. The fourth-order valence-corrected chi connectivity index (χ4v) is 2.25. The third-order valence-electron chi connectivity index (χ3n) is 3.65. The molecule has 1 heterocycles. The van der Waals surface area contributed by atoms with E-state index in [0.717, 1.165) is 12.8 Å². The second-order valence-corrected chi connectivity index (χ2v) is 6.27. The highest BCUT2D eigenvalue weighted by atomic mass is 16.6. The van der Waals surface area contributed by atoms with Crippen molar-refractivity contribution < 1.29 is 14.6 Å². The summed E-state index contributed by atoms with van der Waals surface area (Å²) in [4.78, 5) is 11.5. The van der Waals surface area contributed by atoms with Crippen LogP contribution in [0, 0.1) is 5.41 Å². The molecule has 1 aliphatic heterocycles. The number of rotatable bonds is 3. The lowest BCUT2D eigenvalue weighted by Crippen LogP contribution is -2.66. The minimum absolute atomic E-state index is 0.130. The molecule has 0 aromatic carbocycles. The van der Waals surface area contributed by atoms with Gasteiger partial charge in [0, 0.05) is 25.0 Å². The second kappa shape index (κ2) is 3.85. The van der Waals surface area contributed by atoms with Crippen molar-refractivity contribution in [3.63, 3.8) is 0 Å². The molecule has 0 aromatic rings. The number of hydrogen-bond acceptors (Lipinski definition) is 4. The SMILES string of the molecule is CC(C)(C)OC(=O)NCC1(C2(O)CNC2)CC1. The Balaban J connectivity index is 1.81. The van der Waals surface area contributed by atoms with Gasteiger partial charge in [-0.25, -0.2) is 4.79 Å². The standard InChI is InChI=1S/C12H22N2O3/c1-10(2,3)17-9(15)14-6-11(4-5-11)12(16)7-13-8-12/h13,16H,4-8H2,1-3H3,(H,14,15). The molecule has 5 heteroatoms. The predicted molar refractivity (Wildman–Crippen MR) is 63.7 cm³/mol. The van der Waals surface area contributed by atoms with Crippen molar-refractivity contribution in [3.05, 3.63) is 0 Å². The van der Waals surface area contributed by atoms with Crippen LogP contribution in [0.4, 0.5) is 4.79 Å². The molecule has 2 rings (SSSR count). The molecule has 2 aliphatic rings. The molecule has 3 N–H and O–H groups in total. The van der Waals surface area contributed by atoms with Crippen molar-refractivity contribution in [2.24, 2.45) is 5.41 Å². The average molecular weight is 242 g/mol. The normalized spacial score (nSPS) is 24.7. The molecule has 0 aromatic heterocycles. The fraction of sp³-hybridized carbons (Fsp3) is 0.917. The Labute approximate surface area is 102 Å². The molecule has 0 bridgehead atoms. The van der Waals surface area contributed by atoms with Gasteiger partial charge in [0.25, 0.3) is 0 Å². The first-order chi connectivity index (χ1) is 7.77. The van der Waals surface area contributed by atoms with Gasteiger partial charge in [-0.2, -0.15) is 0 Å². The number of amides is 1. The molecule has 0 radical (unpaired) electrons. The van der Waals surface area contributed by atoms with E-state index in [-0.39, 0.29) is 5.41 Å². The maximum atomic E-state index is 11.5. The van der Waals surface area contributed by atoms with E-state index >= 15 is 0 Å². The summed E-state index contributed by atoms with van der Waals surface area (Å²) in [6, 6.07) is 0. The summed E-state index contributed by atoms with van der Waals surface area (Å²) >= 11 is 0. The first-order valence-electron chi connectivity index (χ1n) is 6.16. The van der Waals surface area contributed by atoms with Crippen LogP contribution in [0.3, 0.4) is 0 Å². The number of ether oxygens (including phenoxy) is 1. The Hall–Kier alpha value is -0.810. The maximum Gasteiger partial charge on any atom is 0.407 e. The van der Waals surface area contributed by atoms with Gasteiger partial charge in [0.1, 0.15) is 5.60 Å². The van der Waals surface area contributed by atoms with Crippen molar-refractivity contribution >= 4 is 6.09 Å². The Morgan fingerprint density at radius 1 is 1.41 bits per heavy atom. The smallest absolute Gasteiger partial charge is 0.407 e. The molecule has 98 valence electrons. The van der Waals surface area contributed by atoms with E-state index in [4.69, 9.17) is 4.74 Å². The van der Waals surface area contributed by atoms with E-state index in [2.05, 4.69) is 10.6 Å². The number of hydrogen-bond donors (Lipinski definition) is 3. The summed E-state index contributed by atoms with van der Waals surface area (Å²) in [6.07, 6.45) is 1.54. The molecule has 2 fully saturated rings. The summed E-state index contributed by atoms with van der Waals surface area (Å²) in [5.41, 5.74) is -1.24. The van der Waals surface area contributed by atoms with Crippen LogP contribution in [0.1, 0.15) is 33.6 Å². The molecule has 1 aliphatic carbocycles. The van der Waals surface area contributed by atoms with E-state index in [9.17, 15) is 9.90 Å². The van der Waals surface area contributed by atoms with Gasteiger partial charge in [-0.1, -0.05) is 0 Å². The van der Waals surface area contributed by atoms with Gasteiger partial charge in [-0.15, -0.1) is 0 Å². The molecular weight excluding hydrogens is 220 g/mol. The summed E-state index contributed by atoms with van der Waals surface area (Å²) in [6.45, 7) is 7.26. The van der Waals surface area contributed by atoms with Gasteiger partial charge in [0.15, 0.2) is 0 Å². The molecule has 0 atom stereocenters. The summed E-state index contributed by atoms with van der Waals surface area (Å²) in [5, 5.41) is 16.1. The lowest BCUT2D eigenvalue weighted by Gasteiger charge is -2.44. The number of nitrogens with one attached hydrogen (secondary N) is 2. The highest BCUT2D eigenvalue weighted by molar-refractivity contribution is 5.67. The van der Waals surface area contributed by atoms with E-state index in [1.165, 1.54) is 0 Å². The van der Waals surface area contributed by atoms with Crippen LogP contribution in [0.5, 0.6) is 0 Å². The third-order valence-corrected chi connectivity index (χ3v) is 3.65. The van der Waals surface area contributed by atoms with E-state index in [0.29, 0.717) is 19.6 Å². The molecule has 17 heavy (non-hydrogen) atoms. The molecule has 1 amide bonds. The fourth-order valence-electron chi connectivity index (χ4n) is 2.25. The van der Waals surface area contributed by atoms with Crippen LogP contribution in [0.2, 0.25) is 0 Å². The van der Waals surface area contributed by atoms with Crippen molar-refractivity contribution in [3.8, 4) is 0 Å². The van der Waals surface area contributed by atoms with Crippen LogP contribution in [0.25, 0.3) is 0 Å². The van der Waals surface area contributed by atoms with E-state index in [1.807, 2.05) is 20.8 Å². The minimum atomic E-state index is -0.637. The quantitative estimate of drug-likeness (QED) is 0.678. The second-order valence-electron chi connectivity index (χ2n) is 6.27. The molecular formula is C12H22N2O3. The number of carbonyl (C=O) groups excluding carboxylic acids is 1. The summed E-state index contributed by atoms with van der Waals surface area (Å²) in [5.74, 6) is 0. The number of carbonyl (C=O) groups is 1. The first-order valence-corrected chi connectivity index (χ1v) is 6.16. The maximum absolute atomic E-state index is 11.5. The summed E-state index contributed by atoms with van der Waals surface area (Å²) in [7, 11) is 0. The number of alkyl carbamates (subject to hydrolysis) is 1. The molecule has 0 unspecified atom stereocenters. The van der Waals surface area contributed by atoms with Gasteiger partial charge in [0.2, 0.25) is 0 Å². The van der Waals surface area contributed by atoms with Crippen LogP contribution in [-0.2, 0) is 4.74 Å². The van der Waals surface area contributed by atoms with Crippen molar-refractivity contribution in [1.82, 2.24) is 10.6 Å². The number of β-amino-alcohol motifs (C(OH)–C–C–N with tert-alkyl or cyclic N) is 1. The van der Waals surface area contributed by atoms with Crippen molar-refractivity contribution in [1.29, 1.82) is 0 Å². The molecule has 5 nitrogen and oxygen atoms in total. The minimum Gasteiger partial charge on any atom is -0.444 e. The molecule has 1 saturated carbocycles. The van der Waals surface area contributed by atoms with Crippen LogP contribution >= 0.6 is 0 Å². The first kappa shape index (κ1) is 12.6. The van der Waals surface area contributed by atoms with Gasteiger partial charge >= 0.3 is 6.09 Å². The molecule has 0 spiro atoms. The lowest BCUT2D eigenvalue weighted by atomic mass is 9.79. The average Bonchev–Trinajstić information content (AvgIpc) is 2.89. The zero-order chi connectivity index (χ0) is 12.7. The monoisotopic (exact) mass is 242 g/mol. The highest BCUT2D eigenvalue weighted by Gasteiger charge is 2.61. The lowest BCUT2D eigenvalue weighted by molar-refractivity contribution is -0.0740. The summed E-state index contributed by atoms with van der Waals surface area (Å²) < 4.78 is 5.18. The van der Waals surface area contributed by atoms with E-state index < -0.39 is 17.3 Å². The van der Waals surface area contributed by atoms with Crippen LogP contribution in [0.15, 0.2) is 0 Å². The topological polar surface area (TPSA) is 70.6 Å². The third kappa shape index (κ3) is 2.55. The van der Waals surface area contributed by atoms with Gasteiger partial charge in [-0.05, 0) is 33.6 Å². The number of aliphatic hydroxyl groups is 1. The largest absolute Gasteiger partial charge is 0.444 e. The Bertz CT molecular complexity index is 314. The highest BCUT2D eigenvalue weighted by Crippen LogP contribution is 2.55. The van der Waals surface area contributed by atoms with Crippen molar-refractivity contribution in [2.75, 3.05) is 19.6 Å². The van der Waals surface area contributed by atoms with Crippen LogP contribution in [-0.4, -0.2) is 42.0 Å². The Morgan fingerprint density at radius 2 is 2.00 bits per heavy atom. The Morgan fingerprint density at radius 3 is 2.35 bits per heavy atom. The van der Waals surface area contributed by atoms with Gasteiger partial charge in [0.05, 0.1) is 5.60 Å². The van der Waals surface area contributed by atoms with Gasteiger partial charge in [-0.3, -0.25) is 0 Å². The molecule has 1 saturated heterocycles. The Kier molecular flexibility index (Phi) is 2.86.